The van der Waals surface area contributed by atoms with Gasteiger partial charge in [0.25, 0.3) is 0 Å². The summed E-state index contributed by atoms with van der Waals surface area (Å²) >= 11 is 9.84. The van der Waals surface area contributed by atoms with E-state index in [1.54, 1.807) is 0 Å². The molecule has 0 bridgehead atoms. The minimum Gasteiger partial charge on any atom is -0.314 e. The van der Waals surface area contributed by atoms with E-state index in [9.17, 15) is 0 Å². The normalized spacial score (nSPS) is 12.4. The van der Waals surface area contributed by atoms with E-state index in [2.05, 4.69) is 71.5 Å². The molecule has 0 spiro atoms. The molecule has 0 aromatic heterocycles. The van der Waals surface area contributed by atoms with Crippen molar-refractivity contribution < 1.29 is 0 Å². The number of likely N-dealkylation sites (N-methyl/N-ethyl adjacent to an activating group) is 1. The number of rotatable bonds is 6. The van der Waals surface area contributed by atoms with Crippen LogP contribution >= 0.6 is 27.5 Å². The summed E-state index contributed by atoms with van der Waals surface area (Å²) in [4.78, 5) is 0. The largest absolute Gasteiger partial charge is 0.314 e. The molecule has 0 aliphatic rings. The molecule has 0 fully saturated rings. The number of hydrogen-bond donors (Lipinski definition) is 1. The first-order chi connectivity index (χ1) is 10.1. The average molecular weight is 367 g/mol. The molecule has 0 aliphatic carbocycles. The molecule has 2 aromatic rings. The molecule has 0 radical (unpaired) electrons. The van der Waals surface area contributed by atoms with E-state index >= 15 is 0 Å². The van der Waals surface area contributed by atoms with Crippen LogP contribution < -0.4 is 5.32 Å². The molecule has 0 amide bonds. The van der Waals surface area contributed by atoms with Crippen LogP contribution in [-0.2, 0) is 12.8 Å². The Balaban J connectivity index is 2.09. The van der Waals surface area contributed by atoms with Crippen molar-refractivity contribution >= 4 is 27.5 Å². The summed E-state index contributed by atoms with van der Waals surface area (Å²) < 4.78 is 1.12. The van der Waals surface area contributed by atoms with Gasteiger partial charge in [0.05, 0.1) is 0 Å². The number of halogens is 2. The van der Waals surface area contributed by atoms with E-state index < -0.39 is 0 Å². The van der Waals surface area contributed by atoms with Crippen LogP contribution in [0.3, 0.4) is 0 Å². The Morgan fingerprint density at radius 2 is 1.81 bits per heavy atom. The van der Waals surface area contributed by atoms with Crippen molar-refractivity contribution in [2.24, 2.45) is 0 Å². The van der Waals surface area contributed by atoms with Gasteiger partial charge in [-0.1, -0.05) is 58.7 Å². The van der Waals surface area contributed by atoms with Gasteiger partial charge >= 0.3 is 0 Å². The standard InChI is InChI=1S/C18H21BrClN/c1-3-21-17(11-14-5-8-16(19)9-6-14)12-15-7-4-13(2)10-18(15)20/h4-10,17,21H,3,11-12H2,1-2H3. The Kier molecular flexibility index (Phi) is 6.28. The maximum atomic E-state index is 6.36. The molecule has 21 heavy (non-hydrogen) atoms. The van der Waals surface area contributed by atoms with E-state index in [1.165, 1.54) is 16.7 Å². The number of benzene rings is 2. The second-order valence-corrected chi connectivity index (χ2v) is 6.71. The summed E-state index contributed by atoms with van der Waals surface area (Å²) in [5.74, 6) is 0. The van der Waals surface area contributed by atoms with Crippen LogP contribution in [0.5, 0.6) is 0 Å². The molecule has 3 heteroatoms. The number of hydrogen-bond acceptors (Lipinski definition) is 1. The summed E-state index contributed by atoms with van der Waals surface area (Å²) in [6.07, 6.45) is 1.95. The Hall–Kier alpha value is -0.830. The van der Waals surface area contributed by atoms with Crippen molar-refractivity contribution in [3.8, 4) is 0 Å². The monoisotopic (exact) mass is 365 g/mol. The van der Waals surface area contributed by atoms with Crippen molar-refractivity contribution in [2.75, 3.05) is 6.54 Å². The predicted octanol–water partition coefficient (Wildman–Crippen LogP) is 5.17. The third-order valence-electron chi connectivity index (χ3n) is 3.56. The lowest BCUT2D eigenvalue weighted by Crippen LogP contribution is -2.33. The first kappa shape index (κ1) is 16.5. The van der Waals surface area contributed by atoms with Gasteiger partial charge in [0.2, 0.25) is 0 Å². The molecule has 0 saturated heterocycles. The molecule has 0 saturated carbocycles. The fourth-order valence-electron chi connectivity index (χ4n) is 2.49. The van der Waals surface area contributed by atoms with Crippen LogP contribution in [0.25, 0.3) is 0 Å². The Morgan fingerprint density at radius 1 is 1.10 bits per heavy atom. The fourth-order valence-corrected chi connectivity index (χ4v) is 3.07. The van der Waals surface area contributed by atoms with Crippen LogP contribution in [0.15, 0.2) is 46.9 Å². The van der Waals surface area contributed by atoms with Gasteiger partial charge in [-0.25, -0.2) is 0 Å². The van der Waals surface area contributed by atoms with Gasteiger partial charge in [-0.2, -0.15) is 0 Å². The van der Waals surface area contributed by atoms with Gasteiger partial charge in [-0.3, -0.25) is 0 Å². The molecule has 2 rings (SSSR count). The molecule has 112 valence electrons. The topological polar surface area (TPSA) is 12.0 Å². The Bertz CT molecular complexity index is 580. The zero-order chi connectivity index (χ0) is 15.2. The fraction of sp³-hybridized carbons (Fsp3) is 0.333. The highest BCUT2D eigenvalue weighted by molar-refractivity contribution is 9.10. The average Bonchev–Trinajstić information content (AvgIpc) is 2.44. The van der Waals surface area contributed by atoms with Crippen LogP contribution in [0.1, 0.15) is 23.6 Å². The minimum absolute atomic E-state index is 0.399. The SMILES string of the molecule is CCNC(Cc1ccc(Br)cc1)Cc1ccc(C)cc1Cl. The zero-order valence-electron chi connectivity index (χ0n) is 12.5. The maximum absolute atomic E-state index is 6.36. The van der Waals surface area contributed by atoms with Gasteiger partial charge in [0.15, 0.2) is 0 Å². The molecule has 1 unspecified atom stereocenters. The van der Waals surface area contributed by atoms with Crippen LogP contribution in [0.2, 0.25) is 5.02 Å². The lowest BCUT2D eigenvalue weighted by atomic mass is 9.98. The lowest BCUT2D eigenvalue weighted by molar-refractivity contribution is 0.521. The maximum Gasteiger partial charge on any atom is 0.0441 e. The third kappa shape index (κ3) is 5.14. The van der Waals surface area contributed by atoms with Gasteiger partial charge in [-0.15, -0.1) is 0 Å². The van der Waals surface area contributed by atoms with Gasteiger partial charge < -0.3 is 5.32 Å². The van der Waals surface area contributed by atoms with Crippen molar-refractivity contribution in [1.82, 2.24) is 5.32 Å². The summed E-state index contributed by atoms with van der Waals surface area (Å²) in [5, 5.41) is 4.43. The summed E-state index contributed by atoms with van der Waals surface area (Å²) in [5.41, 5.74) is 3.76. The van der Waals surface area contributed by atoms with E-state index in [-0.39, 0.29) is 0 Å². The molecule has 1 atom stereocenters. The van der Waals surface area contributed by atoms with Gasteiger partial charge in [0.1, 0.15) is 0 Å². The van der Waals surface area contributed by atoms with Crippen molar-refractivity contribution in [1.29, 1.82) is 0 Å². The van der Waals surface area contributed by atoms with Gasteiger partial charge in [-0.05, 0) is 61.2 Å². The van der Waals surface area contributed by atoms with E-state index in [1.807, 2.05) is 6.07 Å². The van der Waals surface area contributed by atoms with Crippen LogP contribution in [0.4, 0.5) is 0 Å². The highest BCUT2D eigenvalue weighted by Crippen LogP contribution is 2.20. The predicted molar refractivity (Wildman–Crippen MR) is 95.2 cm³/mol. The number of nitrogens with one attached hydrogen (secondary N) is 1. The second kappa shape index (κ2) is 7.98. The van der Waals surface area contributed by atoms with E-state index in [0.717, 1.165) is 28.9 Å². The molecule has 2 aromatic carbocycles. The van der Waals surface area contributed by atoms with Crippen molar-refractivity contribution in [3.63, 3.8) is 0 Å². The highest BCUT2D eigenvalue weighted by atomic mass is 79.9. The molecular formula is C18H21BrClN. The van der Waals surface area contributed by atoms with Gasteiger partial charge in [0, 0.05) is 15.5 Å². The van der Waals surface area contributed by atoms with Crippen molar-refractivity contribution in [2.45, 2.75) is 32.7 Å². The summed E-state index contributed by atoms with van der Waals surface area (Å²) in [7, 11) is 0. The quantitative estimate of drug-likeness (QED) is 0.743. The molecule has 1 N–H and O–H groups in total. The Labute approximate surface area is 140 Å². The van der Waals surface area contributed by atoms with Crippen LogP contribution in [0, 0.1) is 6.92 Å². The summed E-state index contributed by atoms with van der Waals surface area (Å²) in [6.45, 7) is 5.18. The molecule has 0 aliphatic heterocycles. The summed E-state index contributed by atoms with van der Waals surface area (Å²) in [6, 6.07) is 15.2. The first-order valence-electron chi connectivity index (χ1n) is 7.31. The Morgan fingerprint density at radius 3 is 2.43 bits per heavy atom. The third-order valence-corrected chi connectivity index (χ3v) is 4.44. The lowest BCUT2D eigenvalue weighted by Gasteiger charge is -2.19. The molecule has 0 heterocycles. The number of aryl methyl sites for hydroxylation is 1. The first-order valence-corrected chi connectivity index (χ1v) is 8.48. The zero-order valence-corrected chi connectivity index (χ0v) is 14.8. The molecular weight excluding hydrogens is 346 g/mol. The van der Waals surface area contributed by atoms with E-state index in [0.29, 0.717) is 6.04 Å². The molecule has 1 nitrogen and oxygen atoms in total. The van der Waals surface area contributed by atoms with E-state index in [4.69, 9.17) is 11.6 Å². The van der Waals surface area contributed by atoms with Crippen molar-refractivity contribution in [3.05, 3.63) is 68.7 Å². The van der Waals surface area contributed by atoms with Crippen LogP contribution in [-0.4, -0.2) is 12.6 Å². The highest BCUT2D eigenvalue weighted by Gasteiger charge is 2.12. The second-order valence-electron chi connectivity index (χ2n) is 5.38. The minimum atomic E-state index is 0.399. The smallest absolute Gasteiger partial charge is 0.0441 e.